The number of aryl methyl sites for hydroxylation is 1. The van der Waals surface area contributed by atoms with E-state index >= 15 is 0 Å². The summed E-state index contributed by atoms with van der Waals surface area (Å²) in [5.41, 5.74) is 1.05. The normalized spacial score (nSPS) is 20.9. The summed E-state index contributed by atoms with van der Waals surface area (Å²) < 4.78 is 33.4. The van der Waals surface area contributed by atoms with E-state index in [0.29, 0.717) is 30.9 Å². The lowest BCUT2D eigenvalue weighted by atomic mass is 10.0. The quantitative estimate of drug-likeness (QED) is 0.754. The van der Waals surface area contributed by atoms with E-state index in [9.17, 15) is 13.2 Å². The topological polar surface area (TPSA) is 81.7 Å². The van der Waals surface area contributed by atoms with Crippen LogP contribution in [0.15, 0.2) is 18.2 Å². The van der Waals surface area contributed by atoms with Gasteiger partial charge in [-0.3, -0.25) is 4.79 Å². The van der Waals surface area contributed by atoms with Gasteiger partial charge in [0.25, 0.3) is 0 Å². The van der Waals surface area contributed by atoms with Gasteiger partial charge in [0, 0.05) is 13.0 Å². The van der Waals surface area contributed by atoms with Crippen molar-refractivity contribution in [2.45, 2.75) is 32.1 Å². The van der Waals surface area contributed by atoms with E-state index < -0.39 is 9.84 Å². The molecule has 1 aromatic carbocycles. The average Bonchev–Trinajstić information content (AvgIpc) is 3.15. The molecule has 0 spiro atoms. The second kappa shape index (κ2) is 7.42. The Balaban J connectivity index is 1.32. The molecule has 0 bridgehead atoms. The Hall–Kier alpha value is -1.76. The maximum Gasteiger partial charge on any atom is 0.231 e. The minimum absolute atomic E-state index is 0.0201. The molecule has 2 heterocycles. The lowest BCUT2D eigenvalue weighted by molar-refractivity contribution is -0.121. The molecular formula is C17H23NO5S. The van der Waals surface area contributed by atoms with Crippen LogP contribution in [-0.4, -0.2) is 39.2 Å². The Morgan fingerprint density at radius 3 is 2.88 bits per heavy atom. The monoisotopic (exact) mass is 353 g/mol. The van der Waals surface area contributed by atoms with Crippen molar-refractivity contribution in [3.8, 4) is 11.5 Å². The fraction of sp³-hybridized carbons (Fsp3) is 0.588. The van der Waals surface area contributed by atoms with Crippen molar-refractivity contribution in [3.05, 3.63) is 23.8 Å². The Kier molecular flexibility index (Phi) is 5.28. The third kappa shape index (κ3) is 4.63. The molecule has 1 aromatic rings. The molecule has 6 nitrogen and oxygen atoms in total. The fourth-order valence-electron chi connectivity index (χ4n) is 3.16. The number of sulfone groups is 1. The van der Waals surface area contributed by atoms with E-state index in [-0.39, 0.29) is 18.6 Å². The van der Waals surface area contributed by atoms with Crippen molar-refractivity contribution in [1.82, 2.24) is 5.32 Å². The summed E-state index contributed by atoms with van der Waals surface area (Å²) in [5.74, 6) is 2.40. The van der Waals surface area contributed by atoms with Crippen LogP contribution in [0.25, 0.3) is 0 Å². The number of ether oxygens (including phenoxy) is 2. The van der Waals surface area contributed by atoms with Crippen LogP contribution in [0.4, 0.5) is 0 Å². The summed E-state index contributed by atoms with van der Waals surface area (Å²) in [7, 11) is -2.80. The van der Waals surface area contributed by atoms with Crippen molar-refractivity contribution >= 4 is 15.7 Å². The molecule has 1 atom stereocenters. The van der Waals surface area contributed by atoms with Gasteiger partial charge in [-0.25, -0.2) is 8.42 Å². The van der Waals surface area contributed by atoms with Crippen LogP contribution in [0.3, 0.4) is 0 Å². The highest BCUT2D eigenvalue weighted by Gasteiger charge is 2.27. The van der Waals surface area contributed by atoms with E-state index in [1.807, 2.05) is 18.2 Å². The van der Waals surface area contributed by atoms with Crippen LogP contribution in [0.2, 0.25) is 0 Å². The number of nitrogens with one attached hydrogen (secondary N) is 1. The van der Waals surface area contributed by atoms with Gasteiger partial charge in [-0.05, 0) is 49.3 Å². The number of benzene rings is 1. The molecule has 2 aliphatic rings. The second-order valence-electron chi connectivity index (χ2n) is 6.45. The zero-order valence-electron chi connectivity index (χ0n) is 13.6. The van der Waals surface area contributed by atoms with Gasteiger partial charge in [-0.2, -0.15) is 0 Å². The highest BCUT2D eigenvalue weighted by Crippen LogP contribution is 2.32. The van der Waals surface area contributed by atoms with E-state index in [1.54, 1.807) is 0 Å². The van der Waals surface area contributed by atoms with Crippen LogP contribution in [-0.2, 0) is 21.1 Å². The summed E-state index contributed by atoms with van der Waals surface area (Å²) in [5, 5.41) is 2.91. The predicted octanol–water partition coefficient (Wildman–Crippen LogP) is 1.68. The summed E-state index contributed by atoms with van der Waals surface area (Å²) >= 11 is 0. The zero-order chi connectivity index (χ0) is 17.0. The van der Waals surface area contributed by atoms with Crippen molar-refractivity contribution in [2.24, 2.45) is 5.92 Å². The Bertz CT molecular complexity index is 701. The van der Waals surface area contributed by atoms with E-state index in [4.69, 9.17) is 9.47 Å². The zero-order valence-corrected chi connectivity index (χ0v) is 14.4. The van der Waals surface area contributed by atoms with Gasteiger partial charge >= 0.3 is 0 Å². The number of hydrogen-bond acceptors (Lipinski definition) is 5. The minimum Gasteiger partial charge on any atom is -0.454 e. The van der Waals surface area contributed by atoms with Crippen LogP contribution in [0.5, 0.6) is 11.5 Å². The molecule has 7 heteroatoms. The minimum atomic E-state index is -2.80. The molecule has 3 rings (SSSR count). The molecule has 2 aliphatic heterocycles. The standard InChI is InChI=1S/C17H23NO5S/c19-17(18-8-1-2-14-7-9-24(20,21)11-14)6-4-13-3-5-15-16(10-13)23-12-22-15/h3,5,10,14H,1-2,4,6-9,11-12H2,(H,18,19). The molecule has 1 amide bonds. The Morgan fingerprint density at radius 1 is 1.25 bits per heavy atom. The summed E-state index contributed by atoms with van der Waals surface area (Å²) in [6.07, 6.45) is 3.54. The van der Waals surface area contributed by atoms with Crippen LogP contribution in [0.1, 0.15) is 31.2 Å². The van der Waals surface area contributed by atoms with E-state index in [0.717, 1.165) is 36.3 Å². The number of amides is 1. The van der Waals surface area contributed by atoms with Crippen molar-refractivity contribution in [2.75, 3.05) is 24.8 Å². The summed E-state index contributed by atoms with van der Waals surface area (Å²) in [4.78, 5) is 11.9. The molecule has 0 saturated carbocycles. The van der Waals surface area contributed by atoms with Crippen LogP contribution in [0, 0.1) is 5.92 Å². The van der Waals surface area contributed by atoms with Crippen LogP contribution < -0.4 is 14.8 Å². The van der Waals surface area contributed by atoms with Crippen molar-refractivity contribution in [3.63, 3.8) is 0 Å². The van der Waals surface area contributed by atoms with Gasteiger partial charge in [-0.15, -0.1) is 0 Å². The van der Waals surface area contributed by atoms with E-state index in [1.165, 1.54) is 0 Å². The first-order valence-electron chi connectivity index (χ1n) is 8.37. The van der Waals surface area contributed by atoms with Gasteiger partial charge in [0.05, 0.1) is 11.5 Å². The number of rotatable bonds is 7. The first kappa shape index (κ1) is 17.1. The largest absolute Gasteiger partial charge is 0.454 e. The Labute approximate surface area is 142 Å². The van der Waals surface area contributed by atoms with Gasteiger partial charge in [0.2, 0.25) is 12.7 Å². The molecule has 0 aromatic heterocycles. The SMILES string of the molecule is O=C(CCc1ccc2c(c1)OCO2)NCCCC1CCS(=O)(=O)C1. The average molecular weight is 353 g/mol. The molecule has 132 valence electrons. The van der Waals surface area contributed by atoms with Crippen molar-refractivity contribution in [1.29, 1.82) is 0 Å². The number of fused-ring (bicyclic) bond motifs is 1. The fourth-order valence-corrected chi connectivity index (χ4v) is 5.07. The predicted molar refractivity (Wildman–Crippen MR) is 89.9 cm³/mol. The van der Waals surface area contributed by atoms with Gasteiger partial charge < -0.3 is 14.8 Å². The lowest BCUT2D eigenvalue weighted by Crippen LogP contribution is -2.25. The smallest absolute Gasteiger partial charge is 0.231 e. The van der Waals surface area contributed by atoms with Gasteiger partial charge in [0.15, 0.2) is 21.3 Å². The molecule has 0 radical (unpaired) electrons. The second-order valence-corrected chi connectivity index (χ2v) is 8.68. The molecule has 1 fully saturated rings. The highest BCUT2D eigenvalue weighted by molar-refractivity contribution is 7.91. The first-order valence-corrected chi connectivity index (χ1v) is 10.2. The van der Waals surface area contributed by atoms with Crippen LogP contribution >= 0.6 is 0 Å². The molecular weight excluding hydrogens is 330 g/mol. The molecule has 1 unspecified atom stereocenters. The molecule has 1 N–H and O–H groups in total. The Morgan fingerprint density at radius 2 is 2.08 bits per heavy atom. The number of hydrogen-bond donors (Lipinski definition) is 1. The highest BCUT2D eigenvalue weighted by atomic mass is 32.2. The summed E-state index contributed by atoms with van der Waals surface area (Å²) in [6.45, 7) is 0.859. The van der Waals surface area contributed by atoms with Gasteiger partial charge in [0.1, 0.15) is 0 Å². The lowest BCUT2D eigenvalue weighted by Gasteiger charge is -2.09. The molecule has 0 aliphatic carbocycles. The maximum absolute atomic E-state index is 11.9. The first-order chi connectivity index (χ1) is 11.5. The molecule has 1 saturated heterocycles. The van der Waals surface area contributed by atoms with Crippen molar-refractivity contribution < 1.29 is 22.7 Å². The number of carbonyl (C=O) groups is 1. The summed E-state index contributed by atoms with van der Waals surface area (Å²) in [6, 6.07) is 5.72. The maximum atomic E-state index is 11.9. The van der Waals surface area contributed by atoms with Gasteiger partial charge in [-0.1, -0.05) is 6.07 Å². The third-order valence-electron chi connectivity index (χ3n) is 4.52. The van der Waals surface area contributed by atoms with E-state index in [2.05, 4.69) is 5.32 Å². The third-order valence-corrected chi connectivity index (χ3v) is 6.35. The molecule has 24 heavy (non-hydrogen) atoms. The number of carbonyl (C=O) groups excluding carboxylic acids is 1.